The fourth-order valence-electron chi connectivity index (χ4n) is 6.30. The predicted molar refractivity (Wildman–Crippen MR) is 142 cm³/mol. The third-order valence-electron chi connectivity index (χ3n) is 8.52. The summed E-state index contributed by atoms with van der Waals surface area (Å²) >= 11 is 0. The van der Waals surface area contributed by atoms with Crippen LogP contribution in [0.1, 0.15) is 72.5 Å². The van der Waals surface area contributed by atoms with E-state index in [1.54, 1.807) is 0 Å². The van der Waals surface area contributed by atoms with E-state index in [0.717, 1.165) is 74.3 Å². The highest BCUT2D eigenvalue weighted by Crippen LogP contribution is 2.41. The van der Waals surface area contributed by atoms with Gasteiger partial charge >= 0.3 is 5.97 Å². The van der Waals surface area contributed by atoms with Crippen molar-refractivity contribution in [3.8, 4) is 0 Å². The molecule has 3 atom stereocenters. The molecular formula is C30H39N3O4. The molecule has 0 spiro atoms. The van der Waals surface area contributed by atoms with Gasteiger partial charge in [-0.15, -0.1) is 0 Å². The Morgan fingerprint density at radius 2 is 2.11 bits per heavy atom. The van der Waals surface area contributed by atoms with E-state index in [4.69, 9.17) is 14.5 Å². The number of nitrogens with one attached hydrogen (secondary N) is 1. The molecule has 6 rings (SSSR count). The molecule has 1 aromatic carbocycles. The van der Waals surface area contributed by atoms with E-state index >= 15 is 0 Å². The molecule has 0 radical (unpaired) electrons. The number of fused-ring (bicyclic) bond motifs is 2. The number of pyridine rings is 1. The molecule has 1 aliphatic carbocycles. The number of unbranched alkanes of at least 4 members (excludes halogenated alkanes) is 1. The molecule has 7 nitrogen and oxygen atoms in total. The lowest BCUT2D eigenvalue weighted by molar-refractivity contribution is -0.143. The number of likely N-dealkylation sites (tertiary alicyclic amines) is 1. The summed E-state index contributed by atoms with van der Waals surface area (Å²) in [4.78, 5) is 19.4. The predicted octanol–water partition coefficient (Wildman–Crippen LogP) is 4.53. The number of hydrogen-bond acceptors (Lipinski definition) is 6. The first-order chi connectivity index (χ1) is 18.2. The van der Waals surface area contributed by atoms with Crippen molar-refractivity contribution in [1.29, 1.82) is 0 Å². The topological polar surface area (TPSA) is 83.9 Å². The minimum Gasteiger partial charge on any atom is -0.480 e. The molecule has 1 saturated heterocycles. The molecule has 0 bridgehead atoms. The second-order valence-electron chi connectivity index (χ2n) is 11.2. The summed E-state index contributed by atoms with van der Waals surface area (Å²) in [7, 11) is 0. The van der Waals surface area contributed by atoms with Crippen LogP contribution in [0.4, 0.5) is 5.82 Å². The quantitative estimate of drug-likeness (QED) is 0.459. The highest BCUT2D eigenvalue weighted by Gasteiger charge is 2.39. The van der Waals surface area contributed by atoms with Crippen molar-refractivity contribution in [3.63, 3.8) is 0 Å². The summed E-state index contributed by atoms with van der Waals surface area (Å²) in [6.45, 7) is 3.74. The van der Waals surface area contributed by atoms with Crippen LogP contribution < -0.4 is 5.32 Å². The summed E-state index contributed by atoms with van der Waals surface area (Å²) in [5.74, 6) is 0.943. The fourth-order valence-corrected chi connectivity index (χ4v) is 6.30. The van der Waals surface area contributed by atoms with Crippen molar-refractivity contribution >= 4 is 11.8 Å². The Kier molecular flexibility index (Phi) is 7.45. The Hall–Kier alpha value is -2.48. The minimum atomic E-state index is -0.768. The van der Waals surface area contributed by atoms with Crippen molar-refractivity contribution in [1.82, 2.24) is 9.88 Å². The number of hydrogen-bond donors (Lipinski definition) is 2. The average molecular weight is 506 g/mol. The summed E-state index contributed by atoms with van der Waals surface area (Å²) in [6.07, 6.45) is 9.80. The zero-order valence-electron chi connectivity index (χ0n) is 21.7. The van der Waals surface area contributed by atoms with Crippen molar-refractivity contribution in [2.45, 2.75) is 82.6 Å². The molecule has 4 heterocycles. The van der Waals surface area contributed by atoms with Crippen molar-refractivity contribution in [3.05, 3.63) is 58.3 Å². The molecule has 1 saturated carbocycles. The smallest absolute Gasteiger partial charge is 0.325 e. The number of carbonyl (C=O) groups is 1. The molecule has 198 valence electrons. The van der Waals surface area contributed by atoms with Gasteiger partial charge in [0.1, 0.15) is 11.9 Å². The lowest BCUT2D eigenvalue weighted by atomic mass is 9.88. The molecule has 7 heteroatoms. The van der Waals surface area contributed by atoms with Crippen LogP contribution in [0.25, 0.3) is 0 Å². The SMILES string of the molecule is O=C(O)[C@H](c1cccc2c1CC(C1CC1)OC2)N1CC[C@@H](OCCCCc2ccc3c(n2)NCCC3)C1. The third kappa shape index (κ3) is 5.69. The zero-order chi connectivity index (χ0) is 25.2. The van der Waals surface area contributed by atoms with Crippen LogP contribution in [0.5, 0.6) is 0 Å². The first kappa shape index (κ1) is 24.8. The highest BCUT2D eigenvalue weighted by atomic mass is 16.5. The van der Waals surface area contributed by atoms with Crippen LogP contribution >= 0.6 is 0 Å². The molecule has 4 aliphatic rings. The van der Waals surface area contributed by atoms with E-state index in [-0.39, 0.29) is 12.2 Å². The Balaban J connectivity index is 1.01. The second-order valence-corrected chi connectivity index (χ2v) is 11.2. The van der Waals surface area contributed by atoms with Crippen LogP contribution in [0.2, 0.25) is 0 Å². The van der Waals surface area contributed by atoms with E-state index in [0.29, 0.717) is 25.7 Å². The van der Waals surface area contributed by atoms with E-state index < -0.39 is 12.0 Å². The average Bonchev–Trinajstić information content (AvgIpc) is 3.67. The van der Waals surface area contributed by atoms with E-state index in [2.05, 4.69) is 28.4 Å². The Labute approximate surface area is 219 Å². The first-order valence-corrected chi connectivity index (χ1v) is 14.2. The molecule has 0 amide bonds. The van der Waals surface area contributed by atoms with Gasteiger partial charge in [0.25, 0.3) is 0 Å². The number of nitrogens with zero attached hydrogens (tertiary/aromatic N) is 2. The van der Waals surface area contributed by atoms with Crippen molar-refractivity contribution < 1.29 is 19.4 Å². The van der Waals surface area contributed by atoms with Gasteiger partial charge in [-0.2, -0.15) is 0 Å². The maximum Gasteiger partial charge on any atom is 0.325 e. The van der Waals surface area contributed by atoms with Gasteiger partial charge in [-0.05, 0) is 92.0 Å². The molecule has 3 aliphatic heterocycles. The lowest BCUT2D eigenvalue weighted by Crippen LogP contribution is -2.35. The Bertz CT molecular complexity index is 1120. The van der Waals surface area contributed by atoms with Gasteiger partial charge < -0.3 is 19.9 Å². The molecule has 2 N–H and O–H groups in total. The maximum atomic E-state index is 12.5. The lowest BCUT2D eigenvalue weighted by Gasteiger charge is -2.31. The van der Waals surface area contributed by atoms with Gasteiger partial charge in [0.05, 0.1) is 18.8 Å². The first-order valence-electron chi connectivity index (χ1n) is 14.2. The number of carboxylic acids is 1. The number of aromatic nitrogens is 1. The molecular weight excluding hydrogens is 466 g/mol. The van der Waals surface area contributed by atoms with E-state index in [1.807, 2.05) is 12.1 Å². The van der Waals surface area contributed by atoms with E-state index in [9.17, 15) is 9.90 Å². The van der Waals surface area contributed by atoms with Crippen LogP contribution in [-0.2, 0) is 40.1 Å². The monoisotopic (exact) mass is 505 g/mol. The number of rotatable bonds is 10. The van der Waals surface area contributed by atoms with Gasteiger partial charge in [0.15, 0.2) is 0 Å². The second kappa shape index (κ2) is 11.1. The van der Waals surface area contributed by atoms with Crippen molar-refractivity contribution in [2.75, 3.05) is 31.6 Å². The summed E-state index contributed by atoms with van der Waals surface area (Å²) in [5, 5.41) is 13.7. The molecule has 1 unspecified atom stereocenters. The van der Waals surface area contributed by atoms with Gasteiger partial charge in [-0.1, -0.05) is 24.3 Å². The normalized spacial score (nSPS) is 24.2. The largest absolute Gasteiger partial charge is 0.480 e. The summed E-state index contributed by atoms with van der Waals surface area (Å²) in [5.41, 5.74) is 5.78. The summed E-state index contributed by atoms with van der Waals surface area (Å²) < 4.78 is 12.3. The highest BCUT2D eigenvalue weighted by molar-refractivity contribution is 5.76. The number of carboxylic acid groups (broad SMARTS) is 1. The molecule has 37 heavy (non-hydrogen) atoms. The number of benzene rings is 1. The molecule has 2 aromatic rings. The van der Waals surface area contributed by atoms with Crippen LogP contribution in [0.3, 0.4) is 0 Å². The Morgan fingerprint density at radius 1 is 1.19 bits per heavy atom. The molecule has 2 fully saturated rings. The molecule has 1 aromatic heterocycles. The third-order valence-corrected chi connectivity index (χ3v) is 8.52. The van der Waals surface area contributed by atoms with Crippen molar-refractivity contribution in [2.24, 2.45) is 5.92 Å². The van der Waals surface area contributed by atoms with Gasteiger partial charge in [-0.25, -0.2) is 4.98 Å². The fraction of sp³-hybridized carbons (Fsp3) is 0.600. The maximum absolute atomic E-state index is 12.5. The summed E-state index contributed by atoms with van der Waals surface area (Å²) in [6, 6.07) is 9.86. The standard InChI is InChI=1S/C30H39N3O4/c34-30(35)28(25-8-3-5-22-19-37-27(17-26(22)25)20-9-10-20)33-15-13-24(18-33)36-16-2-1-7-23-12-11-21-6-4-14-31-29(21)32-23/h3,5,8,11-12,20,24,27-28H,1-2,4,6-7,9-10,13-19H2,(H,31,32)(H,34,35)/t24-,27?,28+/m1/s1. The Morgan fingerprint density at radius 3 is 2.97 bits per heavy atom. The van der Waals surface area contributed by atoms with Gasteiger partial charge in [0.2, 0.25) is 0 Å². The van der Waals surface area contributed by atoms with Crippen LogP contribution in [0.15, 0.2) is 30.3 Å². The van der Waals surface area contributed by atoms with Gasteiger partial charge in [0, 0.05) is 31.9 Å². The minimum absolute atomic E-state index is 0.0926. The zero-order valence-corrected chi connectivity index (χ0v) is 21.7. The number of ether oxygens (including phenoxy) is 2. The number of aryl methyl sites for hydroxylation is 2. The van der Waals surface area contributed by atoms with E-state index in [1.165, 1.54) is 30.4 Å². The van der Waals surface area contributed by atoms with Crippen LogP contribution in [-0.4, -0.2) is 59.4 Å². The number of anilines is 1. The van der Waals surface area contributed by atoms with Crippen LogP contribution in [0, 0.1) is 5.92 Å². The van der Waals surface area contributed by atoms with Gasteiger partial charge in [-0.3, -0.25) is 9.69 Å². The number of aliphatic carboxylic acids is 1.